The molecule has 2 N–H and O–H groups in total. The van der Waals surface area contributed by atoms with E-state index in [1.807, 2.05) is 31.2 Å². The maximum absolute atomic E-state index is 13.6. The minimum absolute atomic E-state index is 0.0931. The smallest absolute Gasteiger partial charge is 0.325 e. The maximum atomic E-state index is 13.6. The number of anilines is 2. The first-order valence-electron chi connectivity index (χ1n) is 8.05. The highest BCUT2D eigenvalue weighted by atomic mass is 32.1. The van der Waals surface area contributed by atoms with Crippen LogP contribution in [0.3, 0.4) is 0 Å². The van der Waals surface area contributed by atoms with Crippen LogP contribution >= 0.6 is 11.3 Å². The second-order valence-corrected chi connectivity index (χ2v) is 6.33. The zero-order chi connectivity index (χ0) is 18.4. The van der Waals surface area contributed by atoms with Crippen molar-refractivity contribution in [1.29, 1.82) is 0 Å². The number of halogens is 1. The number of aromatic nitrogens is 2. The van der Waals surface area contributed by atoms with E-state index < -0.39 is 11.8 Å². The SMILES string of the molecule is CCCOc1cccc(-c2nnc(NC(=O)Nc3ccccc3F)s2)c1. The summed E-state index contributed by atoms with van der Waals surface area (Å²) in [5.41, 5.74) is 0.939. The van der Waals surface area contributed by atoms with Crippen molar-refractivity contribution >= 4 is 28.2 Å². The third-order valence-corrected chi connectivity index (χ3v) is 4.21. The summed E-state index contributed by atoms with van der Waals surface area (Å²) < 4.78 is 19.2. The topological polar surface area (TPSA) is 76.1 Å². The van der Waals surface area contributed by atoms with Gasteiger partial charge >= 0.3 is 6.03 Å². The van der Waals surface area contributed by atoms with Gasteiger partial charge in [0.25, 0.3) is 0 Å². The molecule has 134 valence electrons. The number of nitrogens with zero attached hydrogens (tertiary/aromatic N) is 2. The summed E-state index contributed by atoms with van der Waals surface area (Å²) in [5.74, 6) is 0.246. The summed E-state index contributed by atoms with van der Waals surface area (Å²) in [6.45, 7) is 2.68. The molecule has 6 nitrogen and oxygen atoms in total. The quantitative estimate of drug-likeness (QED) is 0.653. The predicted octanol–water partition coefficient (Wildman–Crippen LogP) is 4.78. The van der Waals surface area contributed by atoms with Gasteiger partial charge < -0.3 is 10.1 Å². The fraction of sp³-hybridized carbons (Fsp3) is 0.167. The average molecular weight is 372 g/mol. The van der Waals surface area contributed by atoms with E-state index in [2.05, 4.69) is 20.8 Å². The summed E-state index contributed by atoms with van der Waals surface area (Å²) in [5, 5.41) is 14.0. The average Bonchev–Trinajstić information content (AvgIpc) is 3.10. The van der Waals surface area contributed by atoms with Gasteiger partial charge in [-0.3, -0.25) is 5.32 Å². The standard InChI is InChI=1S/C18H17FN4O2S/c1-2-10-25-13-7-5-6-12(11-13)16-22-23-18(26-16)21-17(24)20-15-9-4-3-8-14(15)19/h3-9,11H,2,10H2,1H3,(H2,20,21,23,24). The van der Waals surface area contributed by atoms with Gasteiger partial charge in [0.15, 0.2) is 0 Å². The first-order valence-corrected chi connectivity index (χ1v) is 8.86. The van der Waals surface area contributed by atoms with E-state index in [1.165, 1.54) is 23.5 Å². The molecule has 0 aliphatic heterocycles. The van der Waals surface area contributed by atoms with E-state index in [0.29, 0.717) is 16.7 Å². The number of para-hydroxylation sites is 1. The Bertz CT molecular complexity index is 900. The van der Waals surface area contributed by atoms with E-state index in [-0.39, 0.29) is 5.69 Å². The second-order valence-electron chi connectivity index (χ2n) is 5.35. The molecule has 26 heavy (non-hydrogen) atoms. The molecule has 0 unspecified atom stereocenters. The fourth-order valence-electron chi connectivity index (χ4n) is 2.14. The van der Waals surface area contributed by atoms with Gasteiger partial charge in [0.1, 0.15) is 16.6 Å². The molecule has 0 aliphatic rings. The van der Waals surface area contributed by atoms with Crippen molar-refractivity contribution in [2.24, 2.45) is 0 Å². The lowest BCUT2D eigenvalue weighted by Crippen LogP contribution is -2.19. The Morgan fingerprint density at radius 3 is 2.81 bits per heavy atom. The lowest BCUT2D eigenvalue weighted by molar-refractivity contribution is 0.262. The number of ether oxygens (including phenoxy) is 1. The van der Waals surface area contributed by atoms with Crippen LogP contribution in [0.15, 0.2) is 48.5 Å². The van der Waals surface area contributed by atoms with Crippen molar-refractivity contribution in [3.05, 3.63) is 54.3 Å². The molecule has 1 aromatic heterocycles. The lowest BCUT2D eigenvalue weighted by atomic mass is 10.2. The number of urea groups is 1. The Kier molecular flexibility index (Phi) is 5.75. The molecule has 0 saturated heterocycles. The van der Waals surface area contributed by atoms with Crippen LogP contribution in [0, 0.1) is 5.82 Å². The molecule has 2 amide bonds. The van der Waals surface area contributed by atoms with Crippen molar-refractivity contribution in [2.75, 3.05) is 17.2 Å². The number of amides is 2. The number of carbonyl (C=O) groups excluding carboxylic acids is 1. The molecule has 0 spiro atoms. The Labute approximate surface area is 154 Å². The Balaban J connectivity index is 1.66. The van der Waals surface area contributed by atoms with Gasteiger partial charge in [0.2, 0.25) is 5.13 Å². The van der Waals surface area contributed by atoms with Crippen LogP contribution < -0.4 is 15.4 Å². The number of carbonyl (C=O) groups is 1. The highest BCUT2D eigenvalue weighted by Crippen LogP contribution is 2.29. The number of nitrogens with one attached hydrogen (secondary N) is 2. The van der Waals surface area contributed by atoms with Crippen molar-refractivity contribution in [3.8, 4) is 16.3 Å². The maximum Gasteiger partial charge on any atom is 0.325 e. The molecule has 3 rings (SSSR count). The molecule has 3 aromatic rings. The molecule has 0 fully saturated rings. The minimum atomic E-state index is -0.585. The molecule has 0 radical (unpaired) electrons. The third kappa shape index (κ3) is 4.54. The highest BCUT2D eigenvalue weighted by Gasteiger charge is 2.11. The Morgan fingerprint density at radius 2 is 2.00 bits per heavy atom. The monoisotopic (exact) mass is 372 g/mol. The third-order valence-electron chi connectivity index (χ3n) is 3.32. The summed E-state index contributed by atoms with van der Waals surface area (Å²) in [6.07, 6.45) is 0.925. The van der Waals surface area contributed by atoms with Crippen LogP contribution in [-0.2, 0) is 0 Å². The number of benzene rings is 2. The Hall–Kier alpha value is -3.00. The van der Waals surface area contributed by atoms with Crippen LogP contribution in [0.2, 0.25) is 0 Å². The number of hydrogen-bond donors (Lipinski definition) is 2. The molecule has 2 aromatic carbocycles. The zero-order valence-corrected chi connectivity index (χ0v) is 14.8. The predicted molar refractivity (Wildman–Crippen MR) is 100 cm³/mol. The molecule has 1 heterocycles. The van der Waals surface area contributed by atoms with Gasteiger partial charge in [-0.05, 0) is 30.7 Å². The first-order chi connectivity index (χ1) is 12.7. The highest BCUT2D eigenvalue weighted by molar-refractivity contribution is 7.18. The van der Waals surface area contributed by atoms with Gasteiger partial charge in [-0.2, -0.15) is 0 Å². The van der Waals surface area contributed by atoms with E-state index in [4.69, 9.17) is 4.74 Å². The molecular formula is C18H17FN4O2S. The first kappa shape index (κ1) is 17.8. The fourth-order valence-corrected chi connectivity index (χ4v) is 2.88. The van der Waals surface area contributed by atoms with Crippen LogP contribution in [-0.4, -0.2) is 22.8 Å². The van der Waals surface area contributed by atoms with Crippen molar-refractivity contribution < 1.29 is 13.9 Å². The molecule has 0 atom stereocenters. The summed E-state index contributed by atoms with van der Waals surface area (Å²) in [4.78, 5) is 12.0. The summed E-state index contributed by atoms with van der Waals surface area (Å²) >= 11 is 1.22. The van der Waals surface area contributed by atoms with Gasteiger partial charge in [-0.15, -0.1) is 10.2 Å². The van der Waals surface area contributed by atoms with Crippen LogP contribution in [0.4, 0.5) is 20.0 Å². The Morgan fingerprint density at radius 1 is 1.15 bits per heavy atom. The summed E-state index contributed by atoms with van der Waals surface area (Å²) in [7, 11) is 0. The van der Waals surface area contributed by atoms with Gasteiger partial charge in [0.05, 0.1) is 12.3 Å². The van der Waals surface area contributed by atoms with Crippen LogP contribution in [0.1, 0.15) is 13.3 Å². The lowest BCUT2D eigenvalue weighted by Gasteiger charge is -2.05. The van der Waals surface area contributed by atoms with Gasteiger partial charge in [0, 0.05) is 5.56 Å². The van der Waals surface area contributed by atoms with Crippen LogP contribution in [0.5, 0.6) is 5.75 Å². The van der Waals surface area contributed by atoms with Crippen molar-refractivity contribution in [1.82, 2.24) is 10.2 Å². The number of hydrogen-bond acceptors (Lipinski definition) is 5. The van der Waals surface area contributed by atoms with Crippen molar-refractivity contribution in [3.63, 3.8) is 0 Å². The largest absolute Gasteiger partial charge is 0.494 e. The van der Waals surface area contributed by atoms with Crippen LogP contribution in [0.25, 0.3) is 10.6 Å². The summed E-state index contributed by atoms with van der Waals surface area (Å²) in [6, 6.07) is 12.9. The van der Waals surface area contributed by atoms with E-state index in [9.17, 15) is 9.18 Å². The molecule has 0 bridgehead atoms. The van der Waals surface area contributed by atoms with Gasteiger partial charge in [-0.1, -0.05) is 42.5 Å². The molecule has 0 saturated carbocycles. The van der Waals surface area contributed by atoms with Gasteiger partial charge in [-0.25, -0.2) is 9.18 Å². The molecule has 8 heteroatoms. The van der Waals surface area contributed by atoms with E-state index in [1.54, 1.807) is 12.1 Å². The molecule has 0 aliphatic carbocycles. The number of rotatable bonds is 6. The van der Waals surface area contributed by atoms with E-state index >= 15 is 0 Å². The normalized spacial score (nSPS) is 10.4. The molecular weight excluding hydrogens is 355 g/mol. The zero-order valence-electron chi connectivity index (χ0n) is 14.0. The van der Waals surface area contributed by atoms with Crippen molar-refractivity contribution in [2.45, 2.75) is 13.3 Å². The second kappa shape index (κ2) is 8.39. The van der Waals surface area contributed by atoms with E-state index in [0.717, 1.165) is 17.7 Å². The minimum Gasteiger partial charge on any atom is -0.494 e.